The van der Waals surface area contributed by atoms with Crippen LogP contribution in [0.2, 0.25) is 0 Å². The molecule has 0 aliphatic heterocycles. The van der Waals surface area contributed by atoms with Crippen LogP contribution < -0.4 is 5.32 Å². The summed E-state index contributed by atoms with van der Waals surface area (Å²) in [5.41, 5.74) is -0.0281. The number of nitrogens with zero attached hydrogens (tertiary/aromatic N) is 1. The van der Waals surface area contributed by atoms with Gasteiger partial charge < -0.3 is 14.8 Å². The minimum absolute atomic E-state index is 0.222. The summed E-state index contributed by atoms with van der Waals surface area (Å²) in [5, 5.41) is 13.4. The van der Waals surface area contributed by atoms with Crippen LogP contribution in [0.5, 0.6) is 0 Å². The van der Waals surface area contributed by atoms with Crippen molar-refractivity contribution in [3.05, 3.63) is 12.0 Å². The third-order valence-electron chi connectivity index (χ3n) is 3.37. The van der Waals surface area contributed by atoms with Crippen molar-refractivity contribution in [2.45, 2.75) is 43.9 Å². The lowest BCUT2D eigenvalue weighted by Crippen LogP contribution is -2.56. The Labute approximate surface area is 117 Å². The van der Waals surface area contributed by atoms with Crippen LogP contribution in [0.15, 0.2) is 15.9 Å². The maximum Gasteiger partial charge on any atom is 0.325 e. The summed E-state index contributed by atoms with van der Waals surface area (Å²) in [6.45, 7) is 4.61. The van der Waals surface area contributed by atoms with Crippen LogP contribution in [0.25, 0.3) is 0 Å². The Morgan fingerprint density at radius 2 is 2.42 bits per heavy atom. The molecule has 0 saturated heterocycles. The molecule has 1 fully saturated rings. The van der Waals surface area contributed by atoms with Gasteiger partial charge in [-0.15, -0.1) is 0 Å². The summed E-state index contributed by atoms with van der Waals surface area (Å²) in [4.78, 5) is 15.9. The zero-order chi connectivity index (χ0) is 13.9. The Bertz CT molecular complexity index is 445. The third kappa shape index (κ3) is 3.30. The monoisotopic (exact) mass is 284 g/mol. The quantitative estimate of drug-likeness (QED) is 0.713. The smallest absolute Gasteiger partial charge is 0.325 e. The van der Waals surface area contributed by atoms with Gasteiger partial charge in [0.05, 0.1) is 5.69 Å². The first kappa shape index (κ1) is 14.4. The SMILES string of the molecule is CCCNC(CSc1nc(C)co1)(C(=O)O)C1CC1. The number of carboxylic acid groups (broad SMARTS) is 1. The molecule has 1 aromatic heterocycles. The molecular weight excluding hydrogens is 264 g/mol. The Balaban J connectivity index is 2.05. The Morgan fingerprint density at radius 1 is 1.68 bits per heavy atom. The Morgan fingerprint density at radius 3 is 2.89 bits per heavy atom. The van der Waals surface area contributed by atoms with Crippen LogP contribution in [0.3, 0.4) is 0 Å². The van der Waals surface area contributed by atoms with E-state index in [1.165, 1.54) is 11.8 Å². The summed E-state index contributed by atoms with van der Waals surface area (Å²) in [6, 6.07) is 0. The second-order valence-corrected chi connectivity index (χ2v) is 5.95. The number of oxazole rings is 1. The maximum absolute atomic E-state index is 11.7. The fraction of sp³-hybridized carbons (Fsp3) is 0.692. The van der Waals surface area contributed by atoms with Gasteiger partial charge in [0.25, 0.3) is 5.22 Å². The van der Waals surface area contributed by atoms with Crippen molar-refractivity contribution in [1.82, 2.24) is 10.3 Å². The zero-order valence-electron chi connectivity index (χ0n) is 11.3. The van der Waals surface area contributed by atoms with E-state index in [0.29, 0.717) is 17.5 Å². The van der Waals surface area contributed by atoms with E-state index < -0.39 is 11.5 Å². The van der Waals surface area contributed by atoms with E-state index in [1.807, 2.05) is 13.8 Å². The highest BCUT2D eigenvalue weighted by Crippen LogP contribution is 2.42. The molecule has 2 N–H and O–H groups in total. The summed E-state index contributed by atoms with van der Waals surface area (Å²) < 4.78 is 5.28. The molecule has 1 heterocycles. The highest BCUT2D eigenvalue weighted by atomic mass is 32.2. The van der Waals surface area contributed by atoms with Crippen LogP contribution in [0.4, 0.5) is 0 Å². The van der Waals surface area contributed by atoms with E-state index in [4.69, 9.17) is 4.42 Å². The highest BCUT2D eigenvalue weighted by molar-refractivity contribution is 7.99. The number of aryl methyl sites for hydroxylation is 1. The van der Waals surface area contributed by atoms with Crippen molar-refractivity contribution in [2.75, 3.05) is 12.3 Å². The number of aromatic nitrogens is 1. The second-order valence-electron chi connectivity index (χ2n) is 5.02. The topological polar surface area (TPSA) is 75.4 Å². The molecule has 1 unspecified atom stereocenters. The maximum atomic E-state index is 11.7. The van der Waals surface area contributed by atoms with Gasteiger partial charge in [0.1, 0.15) is 11.8 Å². The molecule has 6 heteroatoms. The van der Waals surface area contributed by atoms with Crippen molar-refractivity contribution in [3.8, 4) is 0 Å². The number of hydrogen-bond donors (Lipinski definition) is 2. The average molecular weight is 284 g/mol. The van der Waals surface area contributed by atoms with Gasteiger partial charge in [0.15, 0.2) is 0 Å². The summed E-state index contributed by atoms with van der Waals surface area (Å²) in [7, 11) is 0. The molecule has 1 saturated carbocycles. The van der Waals surface area contributed by atoms with Gasteiger partial charge in [-0.25, -0.2) is 4.98 Å². The van der Waals surface area contributed by atoms with Crippen LogP contribution in [0.1, 0.15) is 31.9 Å². The number of rotatable bonds is 8. The molecule has 0 spiro atoms. The van der Waals surface area contributed by atoms with E-state index in [2.05, 4.69) is 10.3 Å². The number of hydrogen-bond acceptors (Lipinski definition) is 5. The molecule has 19 heavy (non-hydrogen) atoms. The molecule has 0 aromatic carbocycles. The second kappa shape index (κ2) is 5.96. The number of nitrogens with one attached hydrogen (secondary N) is 1. The Hall–Kier alpha value is -1.01. The van der Waals surface area contributed by atoms with Crippen LogP contribution in [-0.2, 0) is 4.79 Å². The fourth-order valence-electron chi connectivity index (χ4n) is 2.12. The van der Waals surface area contributed by atoms with E-state index in [1.54, 1.807) is 6.26 Å². The lowest BCUT2D eigenvalue weighted by Gasteiger charge is -2.30. The molecule has 106 valence electrons. The molecule has 0 radical (unpaired) electrons. The first-order chi connectivity index (χ1) is 9.08. The highest BCUT2D eigenvalue weighted by Gasteiger charge is 2.51. The van der Waals surface area contributed by atoms with Crippen LogP contribution >= 0.6 is 11.8 Å². The van der Waals surface area contributed by atoms with Crippen molar-refractivity contribution in [2.24, 2.45) is 5.92 Å². The van der Waals surface area contributed by atoms with Gasteiger partial charge in [-0.05, 0) is 38.6 Å². The molecule has 5 nitrogen and oxygen atoms in total. The van der Waals surface area contributed by atoms with Gasteiger partial charge in [-0.2, -0.15) is 0 Å². The van der Waals surface area contributed by atoms with E-state index in [9.17, 15) is 9.90 Å². The minimum Gasteiger partial charge on any atom is -0.480 e. The van der Waals surface area contributed by atoms with Gasteiger partial charge in [0, 0.05) is 5.75 Å². The largest absolute Gasteiger partial charge is 0.480 e. The van der Waals surface area contributed by atoms with Crippen molar-refractivity contribution in [1.29, 1.82) is 0 Å². The molecular formula is C13H20N2O3S. The van der Waals surface area contributed by atoms with Crippen LogP contribution in [-0.4, -0.2) is 33.9 Å². The lowest BCUT2D eigenvalue weighted by atomic mass is 9.95. The fourth-order valence-corrected chi connectivity index (χ4v) is 3.26. The molecule has 1 aliphatic carbocycles. The van der Waals surface area contributed by atoms with E-state index in [-0.39, 0.29) is 5.92 Å². The lowest BCUT2D eigenvalue weighted by molar-refractivity contribution is -0.144. The molecule has 1 aromatic rings. The predicted octanol–water partition coefficient (Wildman–Crippen LogP) is 2.31. The molecule has 1 atom stereocenters. The van der Waals surface area contributed by atoms with Gasteiger partial charge in [0.2, 0.25) is 0 Å². The average Bonchev–Trinajstić information content (AvgIpc) is 3.13. The normalized spacial score (nSPS) is 18.2. The number of aliphatic carboxylic acids is 1. The molecule has 0 amide bonds. The molecule has 2 rings (SSSR count). The van der Waals surface area contributed by atoms with Gasteiger partial charge in [-0.3, -0.25) is 4.79 Å². The first-order valence-corrected chi connectivity index (χ1v) is 7.60. The molecule has 0 bridgehead atoms. The van der Waals surface area contributed by atoms with E-state index >= 15 is 0 Å². The summed E-state index contributed by atoms with van der Waals surface area (Å²) >= 11 is 1.37. The van der Waals surface area contributed by atoms with Gasteiger partial charge in [-0.1, -0.05) is 18.7 Å². The summed E-state index contributed by atoms with van der Waals surface area (Å²) in [5.74, 6) is -0.0909. The zero-order valence-corrected chi connectivity index (χ0v) is 12.1. The van der Waals surface area contributed by atoms with Gasteiger partial charge >= 0.3 is 5.97 Å². The van der Waals surface area contributed by atoms with Crippen molar-refractivity contribution in [3.63, 3.8) is 0 Å². The van der Waals surface area contributed by atoms with Crippen molar-refractivity contribution >= 4 is 17.7 Å². The number of carboxylic acids is 1. The van der Waals surface area contributed by atoms with Crippen molar-refractivity contribution < 1.29 is 14.3 Å². The van der Waals surface area contributed by atoms with E-state index in [0.717, 1.165) is 25.0 Å². The Kier molecular flexibility index (Phi) is 4.52. The summed E-state index contributed by atoms with van der Waals surface area (Å²) in [6.07, 6.45) is 4.47. The third-order valence-corrected chi connectivity index (χ3v) is 4.40. The minimum atomic E-state index is -0.844. The number of thioether (sulfide) groups is 1. The van der Waals surface area contributed by atoms with Crippen LogP contribution in [0, 0.1) is 12.8 Å². The number of carbonyl (C=O) groups is 1. The molecule has 1 aliphatic rings. The predicted molar refractivity (Wildman–Crippen MR) is 73.3 cm³/mol. The standard InChI is InChI=1S/C13H20N2O3S/c1-3-6-14-13(11(16)17,10-4-5-10)8-19-12-15-9(2)7-18-12/h7,10,14H,3-6,8H2,1-2H3,(H,16,17). The first-order valence-electron chi connectivity index (χ1n) is 6.62.